The van der Waals surface area contributed by atoms with Gasteiger partial charge in [0.25, 0.3) is 0 Å². The molecule has 6 heteroatoms. The Labute approximate surface area is 110 Å². The van der Waals surface area contributed by atoms with Crippen LogP contribution in [-0.4, -0.2) is 41.5 Å². The molecule has 1 saturated heterocycles. The average molecular weight is 267 g/mol. The maximum Gasteiger partial charge on any atom is 0.159 e. The van der Waals surface area contributed by atoms with Gasteiger partial charge in [-0.3, -0.25) is 5.10 Å². The summed E-state index contributed by atoms with van der Waals surface area (Å²) in [6.45, 7) is 1.88. The van der Waals surface area contributed by atoms with Crippen LogP contribution in [-0.2, 0) is 4.74 Å². The highest BCUT2D eigenvalue weighted by molar-refractivity contribution is 6.30. The fraction of sp³-hybridized carbons (Fsp3) is 0.500. The third-order valence-corrected chi connectivity index (χ3v) is 3.61. The van der Waals surface area contributed by atoms with Crippen molar-refractivity contribution in [3.8, 4) is 0 Å². The largest absolute Gasteiger partial charge is 0.380 e. The van der Waals surface area contributed by atoms with Crippen LogP contribution in [0, 0.1) is 0 Å². The number of aromatic amines is 1. The van der Waals surface area contributed by atoms with Crippen molar-refractivity contribution in [1.82, 2.24) is 15.2 Å². The summed E-state index contributed by atoms with van der Waals surface area (Å²) in [5.74, 6) is 0.941. The van der Waals surface area contributed by atoms with Crippen molar-refractivity contribution in [2.75, 3.05) is 25.1 Å². The summed E-state index contributed by atoms with van der Waals surface area (Å²) >= 11 is 5.87. The molecule has 0 amide bonds. The highest BCUT2D eigenvalue weighted by atomic mass is 35.5. The minimum atomic E-state index is 0.283. The van der Waals surface area contributed by atoms with Crippen molar-refractivity contribution in [1.29, 1.82) is 0 Å². The summed E-state index contributed by atoms with van der Waals surface area (Å²) in [5, 5.41) is 8.87. The minimum Gasteiger partial charge on any atom is -0.380 e. The zero-order valence-electron chi connectivity index (χ0n) is 10.2. The molecule has 1 atom stereocenters. The molecule has 0 aromatic carbocycles. The molecule has 1 aliphatic heterocycles. The fourth-order valence-electron chi connectivity index (χ4n) is 2.44. The van der Waals surface area contributed by atoms with Gasteiger partial charge in [-0.2, -0.15) is 5.10 Å². The highest BCUT2D eigenvalue weighted by Gasteiger charge is 2.22. The number of nitrogens with zero attached hydrogens (tertiary/aromatic N) is 3. The number of methoxy groups -OCH3 is 1. The Morgan fingerprint density at radius 1 is 1.56 bits per heavy atom. The number of ether oxygens (including phenoxy) is 1. The van der Waals surface area contributed by atoms with Gasteiger partial charge in [0.2, 0.25) is 0 Å². The van der Waals surface area contributed by atoms with E-state index in [2.05, 4.69) is 20.1 Å². The van der Waals surface area contributed by atoms with Crippen LogP contribution in [0.2, 0.25) is 5.15 Å². The first-order valence-electron chi connectivity index (χ1n) is 6.05. The van der Waals surface area contributed by atoms with Crippen LogP contribution >= 0.6 is 11.6 Å². The molecule has 1 unspecified atom stereocenters. The summed E-state index contributed by atoms with van der Waals surface area (Å²) < 4.78 is 5.43. The Morgan fingerprint density at radius 3 is 3.28 bits per heavy atom. The lowest BCUT2D eigenvalue weighted by atomic mass is 10.1. The SMILES string of the molecule is COC1CCCN(c2n[nH]c3cc(Cl)ncc23)C1. The molecule has 0 spiro atoms. The van der Waals surface area contributed by atoms with E-state index in [1.807, 2.05) is 0 Å². The molecular formula is C12H15ClN4O. The number of nitrogens with one attached hydrogen (secondary N) is 1. The third-order valence-electron chi connectivity index (χ3n) is 3.40. The van der Waals surface area contributed by atoms with Gasteiger partial charge in [0, 0.05) is 32.5 Å². The molecule has 3 heterocycles. The first kappa shape index (κ1) is 11.7. The standard InChI is InChI=1S/C12H15ClN4O/c1-18-8-3-2-4-17(7-8)12-9-6-14-11(13)5-10(9)15-16-12/h5-6,8H,2-4,7H2,1H3,(H,15,16). The molecule has 0 radical (unpaired) electrons. The number of halogens is 1. The van der Waals surface area contributed by atoms with Gasteiger partial charge in [0.15, 0.2) is 5.82 Å². The molecule has 0 aliphatic carbocycles. The van der Waals surface area contributed by atoms with Crippen molar-refractivity contribution >= 4 is 28.3 Å². The van der Waals surface area contributed by atoms with Crippen molar-refractivity contribution in [3.63, 3.8) is 0 Å². The second-order valence-electron chi connectivity index (χ2n) is 4.55. The lowest BCUT2D eigenvalue weighted by Crippen LogP contribution is -2.39. The fourth-order valence-corrected chi connectivity index (χ4v) is 2.60. The molecule has 0 saturated carbocycles. The normalized spacial score (nSPS) is 20.6. The van der Waals surface area contributed by atoms with E-state index < -0.39 is 0 Å². The average Bonchev–Trinajstić information content (AvgIpc) is 2.81. The number of anilines is 1. The number of hydrogen-bond donors (Lipinski definition) is 1. The van der Waals surface area contributed by atoms with E-state index in [0.717, 1.165) is 42.7 Å². The molecular weight excluding hydrogens is 252 g/mol. The van der Waals surface area contributed by atoms with Gasteiger partial charge in [0.1, 0.15) is 5.15 Å². The van der Waals surface area contributed by atoms with E-state index in [4.69, 9.17) is 16.3 Å². The summed E-state index contributed by atoms with van der Waals surface area (Å²) in [6.07, 6.45) is 4.28. The number of pyridine rings is 1. The quantitative estimate of drug-likeness (QED) is 0.847. The third kappa shape index (κ3) is 2.04. The van der Waals surface area contributed by atoms with E-state index in [1.165, 1.54) is 0 Å². The van der Waals surface area contributed by atoms with Crippen LogP contribution < -0.4 is 4.90 Å². The van der Waals surface area contributed by atoms with Crippen molar-refractivity contribution in [2.45, 2.75) is 18.9 Å². The Hall–Kier alpha value is -1.33. The van der Waals surface area contributed by atoms with E-state index in [1.54, 1.807) is 19.4 Å². The van der Waals surface area contributed by atoms with Gasteiger partial charge in [-0.1, -0.05) is 11.6 Å². The predicted molar refractivity (Wildman–Crippen MR) is 71.1 cm³/mol. The summed E-state index contributed by atoms with van der Waals surface area (Å²) in [4.78, 5) is 6.36. The second-order valence-corrected chi connectivity index (χ2v) is 4.93. The number of H-pyrrole nitrogens is 1. The Bertz CT molecular complexity index is 556. The molecule has 2 aromatic rings. The molecule has 18 heavy (non-hydrogen) atoms. The molecule has 2 aromatic heterocycles. The molecule has 5 nitrogen and oxygen atoms in total. The first-order valence-corrected chi connectivity index (χ1v) is 6.43. The highest BCUT2D eigenvalue weighted by Crippen LogP contribution is 2.27. The van der Waals surface area contributed by atoms with E-state index in [9.17, 15) is 0 Å². The molecule has 1 N–H and O–H groups in total. The number of fused-ring (bicyclic) bond motifs is 1. The Morgan fingerprint density at radius 2 is 2.44 bits per heavy atom. The molecule has 1 aliphatic rings. The zero-order chi connectivity index (χ0) is 12.5. The number of aromatic nitrogens is 3. The monoisotopic (exact) mass is 266 g/mol. The van der Waals surface area contributed by atoms with Crippen LogP contribution in [0.4, 0.5) is 5.82 Å². The Balaban J connectivity index is 1.94. The van der Waals surface area contributed by atoms with E-state index in [0.29, 0.717) is 5.15 Å². The zero-order valence-corrected chi connectivity index (χ0v) is 10.9. The van der Waals surface area contributed by atoms with Crippen LogP contribution in [0.25, 0.3) is 10.9 Å². The van der Waals surface area contributed by atoms with Crippen molar-refractivity contribution < 1.29 is 4.74 Å². The molecule has 0 bridgehead atoms. The number of piperidine rings is 1. The van der Waals surface area contributed by atoms with Crippen LogP contribution in [0.15, 0.2) is 12.3 Å². The van der Waals surface area contributed by atoms with Gasteiger partial charge in [-0.05, 0) is 12.8 Å². The van der Waals surface area contributed by atoms with Crippen LogP contribution in [0.1, 0.15) is 12.8 Å². The smallest absolute Gasteiger partial charge is 0.159 e. The van der Waals surface area contributed by atoms with Crippen molar-refractivity contribution in [3.05, 3.63) is 17.4 Å². The maximum atomic E-state index is 5.87. The van der Waals surface area contributed by atoms with Gasteiger partial charge < -0.3 is 9.64 Å². The van der Waals surface area contributed by atoms with Crippen molar-refractivity contribution in [2.24, 2.45) is 0 Å². The van der Waals surface area contributed by atoms with Gasteiger partial charge in [0.05, 0.1) is 17.0 Å². The summed E-state index contributed by atoms with van der Waals surface area (Å²) in [6, 6.07) is 1.80. The van der Waals surface area contributed by atoms with Gasteiger partial charge >= 0.3 is 0 Å². The van der Waals surface area contributed by atoms with Crippen LogP contribution in [0.5, 0.6) is 0 Å². The predicted octanol–water partition coefficient (Wildman–Crippen LogP) is 2.23. The van der Waals surface area contributed by atoms with Crippen LogP contribution in [0.3, 0.4) is 0 Å². The van der Waals surface area contributed by atoms with E-state index in [-0.39, 0.29) is 6.10 Å². The molecule has 96 valence electrons. The summed E-state index contributed by atoms with van der Waals surface area (Å²) in [7, 11) is 1.76. The van der Waals surface area contributed by atoms with Gasteiger partial charge in [-0.25, -0.2) is 4.98 Å². The lowest BCUT2D eigenvalue weighted by molar-refractivity contribution is 0.0892. The molecule has 1 fully saturated rings. The molecule has 3 rings (SSSR count). The van der Waals surface area contributed by atoms with E-state index >= 15 is 0 Å². The summed E-state index contributed by atoms with van der Waals surface area (Å²) in [5.41, 5.74) is 0.921. The minimum absolute atomic E-state index is 0.283. The second kappa shape index (κ2) is 4.74. The lowest BCUT2D eigenvalue weighted by Gasteiger charge is -2.32. The number of hydrogen-bond acceptors (Lipinski definition) is 4. The van der Waals surface area contributed by atoms with Gasteiger partial charge in [-0.15, -0.1) is 0 Å². The first-order chi connectivity index (χ1) is 8.78. The maximum absolute atomic E-state index is 5.87. The number of rotatable bonds is 2. The topological polar surface area (TPSA) is 54.0 Å². The Kier molecular flexibility index (Phi) is 3.09.